The van der Waals surface area contributed by atoms with E-state index in [1.165, 1.54) is 6.92 Å². The predicted octanol–water partition coefficient (Wildman–Crippen LogP) is -2.06. The Hall–Kier alpha value is -3.82. The number of aliphatic imine (C=N–C) groups is 1. The van der Waals surface area contributed by atoms with Crippen LogP contribution in [0.5, 0.6) is 0 Å². The standard InChI is InChI=1S/C24H36N8O6S/c1-12(33)19(23(37)38)32-21(35)17(9-13-10-29-16-7-3-2-5-14(13)16)30-22(36)18(11-39)31-20(34)15(25)6-4-8-28-24(26)27/h2-3,5,7,10,12,15,17-19,29,33,39H,4,6,8-9,11,25H2,1H3,(H,30,36)(H,31,34)(H,32,35)(H,37,38)(H4,26,27,28). The summed E-state index contributed by atoms with van der Waals surface area (Å²) in [6.07, 6.45) is 0.968. The molecule has 2 aromatic rings. The van der Waals surface area contributed by atoms with Crippen molar-refractivity contribution >= 4 is 53.2 Å². The van der Waals surface area contributed by atoms with Crippen molar-refractivity contribution < 1.29 is 29.4 Å². The van der Waals surface area contributed by atoms with Crippen molar-refractivity contribution in [2.45, 2.75) is 56.5 Å². The van der Waals surface area contributed by atoms with Crippen LogP contribution in [0.2, 0.25) is 0 Å². The van der Waals surface area contributed by atoms with Gasteiger partial charge in [0.2, 0.25) is 17.7 Å². The van der Waals surface area contributed by atoms with Gasteiger partial charge < -0.3 is 48.3 Å². The van der Waals surface area contributed by atoms with E-state index in [1.807, 2.05) is 24.3 Å². The van der Waals surface area contributed by atoms with Crippen LogP contribution in [-0.4, -0.2) is 87.4 Å². The fraction of sp³-hybridized carbons (Fsp3) is 0.458. The molecule has 0 radical (unpaired) electrons. The summed E-state index contributed by atoms with van der Waals surface area (Å²) in [5.41, 5.74) is 17.9. The maximum Gasteiger partial charge on any atom is 0.328 e. The van der Waals surface area contributed by atoms with Gasteiger partial charge in [-0.3, -0.25) is 19.4 Å². The van der Waals surface area contributed by atoms with Crippen LogP contribution in [0.15, 0.2) is 35.5 Å². The van der Waals surface area contributed by atoms with E-state index in [4.69, 9.17) is 17.2 Å². The predicted molar refractivity (Wildman–Crippen MR) is 149 cm³/mol. The maximum atomic E-state index is 13.1. The highest BCUT2D eigenvalue weighted by atomic mass is 32.1. The molecule has 3 amide bonds. The van der Waals surface area contributed by atoms with E-state index < -0.39 is 54.0 Å². The molecule has 1 heterocycles. The number of fused-ring (bicyclic) bond motifs is 1. The van der Waals surface area contributed by atoms with Gasteiger partial charge in [-0.15, -0.1) is 0 Å². The normalized spacial score (nSPS) is 14.9. The Morgan fingerprint density at radius 1 is 1.05 bits per heavy atom. The van der Waals surface area contributed by atoms with Gasteiger partial charge in [-0.2, -0.15) is 12.6 Å². The van der Waals surface area contributed by atoms with Crippen LogP contribution in [0, 0.1) is 0 Å². The first-order valence-electron chi connectivity index (χ1n) is 12.2. The van der Waals surface area contributed by atoms with Gasteiger partial charge in [0.1, 0.15) is 12.1 Å². The summed E-state index contributed by atoms with van der Waals surface area (Å²) in [5.74, 6) is -3.78. The average molecular weight is 565 g/mol. The van der Waals surface area contributed by atoms with Gasteiger partial charge in [-0.05, 0) is 31.4 Å². The van der Waals surface area contributed by atoms with E-state index >= 15 is 0 Å². The zero-order valence-corrected chi connectivity index (χ0v) is 22.4. The Labute approximate surface area is 230 Å². The monoisotopic (exact) mass is 564 g/mol. The van der Waals surface area contributed by atoms with Crippen LogP contribution in [0.3, 0.4) is 0 Å². The molecule has 15 heteroatoms. The van der Waals surface area contributed by atoms with Gasteiger partial charge in [0.15, 0.2) is 12.0 Å². The lowest BCUT2D eigenvalue weighted by Gasteiger charge is -2.25. The number of nitrogens with zero attached hydrogens (tertiary/aromatic N) is 1. The minimum absolute atomic E-state index is 0.00865. The number of carboxylic acids is 1. The number of hydrogen-bond acceptors (Lipinski definition) is 8. The second-order valence-corrected chi connectivity index (χ2v) is 9.35. The number of carbonyl (C=O) groups excluding carboxylic acids is 3. The SMILES string of the molecule is CC(O)C(NC(=O)C(Cc1c[nH]c2ccccc12)NC(=O)C(CS)NC(=O)C(N)CCCN=C(N)N)C(=O)O. The van der Waals surface area contributed by atoms with Crippen LogP contribution in [0.25, 0.3) is 10.9 Å². The van der Waals surface area contributed by atoms with Gasteiger partial charge in [-0.1, -0.05) is 18.2 Å². The van der Waals surface area contributed by atoms with Crippen molar-refractivity contribution in [2.75, 3.05) is 12.3 Å². The number of hydrogen-bond donors (Lipinski definition) is 10. The van der Waals surface area contributed by atoms with Crippen LogP contribution in [0.4, 0.5) is 0 Å². The number of aromatic nitrogens is 1. The van der Waals surface area contributed by atoms with Gasteiger partial charge in [0, 0.05) is 35.8 Å². The first-order chi connectivity index (χ1) is 18.4. The Kier molecular flexibility index (Phi) is 12.0. The summed E-state index contributed by atoms with van der Waals surface area (Å²) in [7, 11) is 0. The van der Waals surface area contributed by atoms with E-state index in [0.29, 0.717) is 12.0 Å². The molecule has 12 N–H and O–H groups in total. The summed E-state index contributed by atoms with van der Waals surface area (Å²) in [4.78, 5) is 57.2. The second-order valence-electron chi connectivity index (χ2n) is 8.99. The molecule has 5 unspecified atom stereocenters. The molecule has 0 bridgehead atoms. The molecule has 0 aliphatic carbocycles. The molecule has 14 nitrogen and oxygen atoms in total. The first-order valence-corrected chi connectivity index (χ1v) is 12.9. The number of nitrogens with two attached hydrogens (primary N) is 3. The molecule has 0 saturated carbocycles. The molecule has 39 heavy (non-hydrogen) atoms. The molecule has 1 aromatic heterocycles. The Morgan fingerprint density at radius 3 is 2.31 bits per heavy atom. The Bertz CT molecular complexity index is 1180. The highest BCUT2D eigenvalue weighted by Crippen LogP contribution is 2.19. The number of aromatic amines is 1. The molecule has 0 aliphatic heterocycles. The van der Waals surface area contributed by atoms with Crippen molar-refractivity contribution in [3.05, 3.63) is 36.0 Å². The maximum absolute atomic E-state index is 13.1. The van der Waals surface area contributed by atoms with E-state index in [2.05, 4.69) is 38.6 Å². The number of thiol groups is 1. The number of amides is 3. The number of carboxylic acid groups (broad SMARTS) is 1. The molecule has 0 saturated heterocycles. The van der Waals surface area contributed by atoms with E-state index in [-0.39, 0.29) is 31.1 Å². The fourth-order valence-corrected chi connectivity index (χ4v) is 4.02. The van der Waals surface area contributed by atoms with Gasteiger partial charge >= 0.3 is 5.97 Å². The number of carbonyl (C=O) groups is 4. The molecule has 0 fully saturated rings. The highest BCUT2D eigenvalue weighted by molar-refractivity contribution is 7.80. The second kappa shape index (κ2) is 14.9. The number of aliphatic carboxylic acids is 1. The van der Waals surface area contributed by atoms with E-state index in [1.54, 1.807) is 6.20 Å². The largest absolute Gasteiger partial charge is 0.480 e. The Morgan fingerprint density at radius 2 is 1.69 bits per heavy atom. The number of rotatable bonds is 15. The molecular weight excluding hydrogens is 528 g/mol. The molecule has 214 valence electrons. The van der Waals surface area contributed by atoms with Crippen molar-refractivity contribution in [3.63, 3.8) is 0 Å². The minimum Gasteiger partial charge on any atom is -0.480 e. The van der Waals surface area contributed by atoms with Crippen LogP contribution in [0.1, 0.15) is 25.3 Å². The summed E-state index contributed by atoms with van der Waals surface area (Å²) >= 11 is 4.15. The van der Waals surface area contributed by atoms with Crippen molar-refractivity contribution in [3.8, 4) is 0 Å². The average Bonchev–Trinajstić information content (AvgIpc) is 3.29. The van der Waals surface area contributed by atoms with Crippen molar-refractivity contribution in [1.29, 1.82) is 0 Å². The third-order valence-corrected chi connectivity index (χ3v) is 6.26. The number of benzene rings is 1. The topological polar surface area (TPSA) is 251 Å². The molecule has 2 rings (SSSR count). The highest BCUT2D eigenvalue weighted by Gasteiger charge is 2.32. The third-order valence-electron chi connectivity index (χ3n) is 5.90. The molecule has 0 aliphatic rings. The smallest absolute Gasteiger partial charge is 0.328 e. The van der Waals surface area contributed by atoms with Crippen molar-refractivity contribution in [2.24, 2.45) is 22.2 Å². The zero-order chi connectivity index (χ0) is 29.1. The number of guanidine groups is 1. The summed E-state index contributed by atoms with van der Waals surface area (Å²) in [5, 5.41) is 27.3. The van der Waals surface area contributed by atoms with E-state index in [9.17, 15) is 29.4 Å². The van der Waals surface area contributed by atoms with Gasteiger partial charge in [0.25, 0.3) is 0 Å². The molecule has 5 atom stereocenters. The zero-order valence-electron chi connectivity index (χ0n) is 21.5. The summed E-state index contributed by atoms with van der Waals surface area (Å²) in [6, 6.07) is 2.39. The van der Waals surface area contributed by atoms with E-state index in [0.717, 1.165) is 10.9 Å². The molecular formula is C24H36N8O6S. The number of para-hydroxylation sites is 1. The molecule has 0 spiro atoms. The number of aliphatic hydroxyl groups excluding tert-OH is 1. The Balaban J connectivity index is 2.17. The van der Waals surface area contributed by atoms with Gasteiger partial charge in [0.05, 0.1) is 12.1 Å². The number of nitrogens with one attached hydrogen (secondary N) is 4. The number of H-pyrrole nitrogens is 1. The van der Waals surface area contributed by atoms with Crippen LogP contribution >= 0.6 is 12.6 Å². The quantitative estimate of drug-likeness (QED) is 0.0493. The lowest BCUT2D eigenvalue weighted by Crippen LogP contribution is -2.59. The van der Waals surface area contributed by atoms with Gasteiger partial charge in [-0.25, -0.2) is 4.79 Å². The first kappa shape index (κ1) is 31.4. The minimum atomic E-state index is -1.60. The fourth-order valence-electron chi connectivity index (χ4n) is 3.77. The number of aliphatic hydroxyl groups is 1. The van der Waals surface area contributed by atoms with Crippen molar-refractivity contribution in [1.82, 2.24) is 20.9 Å². The lowest BCUT2D eigenvalue weighted by atomic mass is 10.0. The summed E-state index contributed by atoms with van der Waals surface area (Å²) < 4.78 is 0. The molecule has 1 aromatic carbocycles. The van der Waals surface area contributed by atoms with Crippen LogP contribution in [-0.2, 0) is 25.6 Å². The van der Waals surface area contributed by atoms with Crippen LogP contribution < -0.4 is 33.2 Å². The lowest BCUT2D eigenvalue weighted by molar-refractivity contribution is -0.145. The summed E-state index contributed by atoms with van der Waals surface area (Å²) in [6.45, 7) is 1.51. The third kappa shape index (κ3) is 9.46.